The van der Waals surface area contributed by atoms with Gasteiger partial charge in [-0.25, -0.2) is 0 Å². The van der Waals surface area contributed by atoms with Gasteiger partial charge in [-0.2, -0.15) is 21.0 Å². The summed E-state index contributed by atoms with van der Waals surface area (Å²) in [7, 11) is 0. The molecule has 0 N–H and O–H groups in total. The molecular weight excluding hydrogens is 1020 g/mol. The number of hydrogen-bond donors (Lipinski definition) is 0. The van der Waals surface area contributed by atoms with Crippen LogP contribution in [0, 0.1) is 45.3 Å². The SMILES string of the molecule is CC1(C)c2ccccc2-c2cc3c4cc(-n5c6ccccc6c6ccccc65)ccc4n(-c4c(C#N)c(C#N)c(-n5c6ccc(-n7c8ccccc8c8ccccc87)cc6c6cc7c(cc65)C(C)(C)c5ccccc5-7)c(C#N)c4C#N)c3cc21. The normalized spacial score (nSPS) is 13.6. The average Bonchev–Trinajstić information content (AvgIpc) is 1.58. The van der Waals surface area contributed by atoms with Crippen LogP contribution in [0.25, 0.3) is 132 Å². The second kappa shape index (κ2) is 16.6. The number of nitrogens with zero attached hydrogens (tertiary/aromatic N) is 8. The molecule has 17 rings (SSSR count). The summed E-state index contributed by atoms with van der Waals surface area (Å²) in [6, 6.07) is 82.6. The molecule has 390 valence electrons. The summed E-state index contributed by atoms with van der Waals surface area (Å²) in [6.07, 6.45) is 0. The van der Waals surface area contributed by atoms with E-state index in [4.69, 9.17) is 0 Å². The van der Waals surface area contributed by atoms with Crippen molar-refractivity contribution in [2.75, 3.05) is 0 Å². The van der Waals surface area contributed by atoms with Crippen molar-refractivity contribution < 1.29 is 0 Å². The first-order valence-corrected chi connectivity index (χ1v) is 28.3. The number of benzene rings is 11. The van der Waals surface area contributed by atoms with Crippen molar-refractivity contribution in [2.24, 2.45) is 0 Å². The molecule has 2 aliphatic rings. The maximum absolute atomic E-state index is 11.9. The van der Waals surface area contributed by atoms with Gasteiger partial charge in [-0.15, -0.1) is 0 Å². The fraction of sp³-hybridized carbons (Fsp3) is 0.0789. The van der Waals surface area contributed by atoms with Gasteiger partial charge >= 0.3 is 0 Å². The highest BCUT2D eigenvalue weighted by atomic mass is 15.0. The van der Waals surface area contributed by atoms with E-state index in [0.29, 0.717) is 0 Å². The third kappa shape index (κ3) is 5.90. The summed E-state index contributed by atoms with van der Waals surface area (Å²) >= 11 is 0. The Bertz CT molecular complexity index is 5230. The maximum Gasteiger partial charge on any atom is 0.103 e. The van der Waals surface area contributed by atoms with Gasteiger partial charge in [0.05, 0.1) is 77.8 Å². The molecule has 0 aliphatic heterocycles. The van der Waals surface area contributed by atoms with Gasteiger partial charge in [-0.1, -0.05) is 149 Å². The van der Waals surface area contributed by atoms with E-state index in [0.717, 1.165) is 132 Å². The fourth-order valence-electron chi connectivity index (χ4n) is 15.2. The Balaban J connectivity index is 0.984. The minimum Gasteiger partial charge on any atom is -0.309 e. The Morgan fingerprint density at radius 2 is 0.560 bits per heavy atom. The first-order chi connectivity index (χ1) is 41.0. The van der Waals surface area contributed by atoms with Crippen molar-refractivity contribution in [3.8, 4) is 69.3 Å². The van der Waals surface area contributed by atoms with Gasteiger partial charge < -0.3 is 18.3 Å². The summed E-state index contributed by atoms with van der Waals surface area (Å²) < 4.78 is 8.56. The Hall–Kier alpha value is -11.4. The van der Waals surface area contributed by atoms with Crippen molar-refractivity contribution in [3.05, 3.63) is 251 Å². The van der Waals surface area contributed by atoms with Crippen molar-refractivity contribution >= 4 is 87.2 Å². The van der Waals surface area contributed by atoms with Gasteiger partial charge in [0.2, 0.25) is 0 Å². The summed E-state index contributed by atoms with van der Waals surface area (Å²) in [6.45, 7) is 8.95. The van der Waals surface area contributed by atoms with Crippen LogP contribution in [0.1, 0.15) is 72.2 Å². The maximum atomic E-state index is 11.9. The quantitative estimate of drug-likeness (QED) is 0.175. The van der Waals surface area contributed by atoms with E-state index < -0.39 is 10.8 Å². The summed E-state index contributed by atoms with van der Waals surface area (Å²) in [4.78, 5) is 0. The highest BCUT2D eigenvalue weighted by Gasteiger charge is 2.39. The van der Waals surface area contributed by atoms with Gasteiger partial charge in [0.15, 0.2) is 0 Å². The molecule has 0 unspecified atom stereocenters. The standard InChI is InChI=1S/C76H46N8/c1-75(2)61-23-11-5-17-45(61)51-35-55-53-33-43(81-65-25-13-7-19-47(65)48-20-8-14-26-66(48)81)29-31-69(53)83(71(55)37-63(51)75)73-57(39-77)59(41-79)74(60(42-80)58(73)40-78)84-70-32-30-44(82-67-27-15-9-21-49(67)50-22-10-16-28-68(50)82)34-54(70)56-36-52-46-18-6-12-24-62(46)76(3,4)64(52)38-72(56)84/h5-38H,1-4H3. The highest BCUT2D eigenvalue weighted by Crippen LogP contribution is 2.54. The molecule has 4 heterocycles. The summed E-state index contributed by atoms with van der Waals surface area (Å²) in [5, 5.41) is 55.8. The van der Waals surface area contributed by atoms with Gasteiger partial charge in [0, 0.05) is 65.3 Å². The second-order valence-corrected chi connectivity index (χ2v) is 23.6. The number of rotatable bonds is 4. The van der Waals surface area contributed by atoms with E-state index in [1.807, 2.05) is 9.13 Å². The molecule has 0 atom stereocenters. The van der Waals surface area contributed by atoms with Crippen LogP contribution in [0.5, 0.6) is 0 Å². The molecule has 0 saturated heterocycles. The van der Waals surface area contributed by atoms with Crippen LogP contribution in [0.2, 0.25) is 0 Å². The fourth-order valence-corrected chi connectivity index (χ4v) is 15.2. The molecule has 8 nitrogen and oxygen atoms in total. The Morgan fingerprint density at radius 1 is 0.262 bits per heavy atom. The molecule has 0 amide bonds. The van der Waals surface area contributed by atoms with Crippen LogP contribution in [0.4, 0.5) is 0 Å². The minimum atomic E-state index is -0.404. The average molecular weight is 1070 g/mol. The van der Waals surface area contributed by atoms with Crippen LogP contribution >= 0.6 is 0 Å². The lowest BCUT2D eigenvalue weighted by Gasteiger charge is -2.23. The van der Waals surface area contributed by atoms with Crippen molar-refractivity contribution in [2.45, 2.75) is 38.5 Å². The first-order valence-electron chi connectivity index (χ1n) is 28.3. The Labute approximate surface area is 482 Å². The molecule has 0 fully saturated rings. The first kappa shape index (κ1) is 47.4. The Kier molecular flexibility index (Phi) is 9.36. The van der Waals surface area contributed by atoms with Gasteiger partial charge in [-0.3, -0.25) is 0 Å². The van der Waals surface area contributed by atoms with E-state index in [-0.39, 0.29) is 33.6 Å². The van der Waals surface area contributed by atoms with E-state index in [1.54, 1.807) is 0 Å². The molecule has 0 spiro atoms. The van der Waals surface area contributed by atoms with E-state index in [2.05, 4.69) is 267 Å². The molecule has 11 aromatic carbocycles. The van der Waals surface area contributed by atoms with Crippen LogP contribution in [0.3, 0.4) is 0 Å². The largest absolute Gasteiger partial charge is 0.309 e. The van der Waals surface area contributed by atoms with Gasteiger partial charge in [0.1, 0.15) is 24.3 Å². The number of para-hydroxylation sites is 4. The zero-order valence-electron chi connectivity index (χ0n) is 46.2. The lowest BCUT2D eigenvalue weighted by molar-refractivity contribution is 0.661. The lowest BCUT2D eigenvalue weighted by Crippen LogP contribution is -2.15. The molecular formula is C76H46N8. The lowest BCUT2D eigenvalue weighted by atomic mass is 9.82. The van der Waals surface area contributed by atoms with E-state index >= 15 is 0 Å². The summed E-state index contributed by atoms with van der Waals surface area (Å²) in [5.41, 5.74) is 17.8. The number of nitriles is 4. The number of hydrogen-bond acceptors (Lipinski definition) is 4. The monoisotopic (exact) mass is 1070 g/mol. The molecule has 2 aliphatic carbocycles. The van der Waals surface area contributed by atoms with Crippen molar-refractivity contribution in [1.82, 2.24) is 18.3 Å². The van der Waals surface area contributed by atoms with Crippen molar-refractivity contribution in [3.63, 3.8) is 0 Å². The third-order valence-corrected chi connectivity index (χ3v) is 18.9. The minimum absolute atomic E-state index is 0.00200. The number of fused-ring (bicyclic) bond motifs is 18. The zero-order valence-corrected chi connectivity index (χ0v) is 46.2. The predicted octanol–water partition coefficient (Wildman–Crippen LogP) is 18.2. The Morgan fingerprint density at radius 3 is 0.905 bits per heavy atom. The van der Waals surface area contributed by atoms with Crippen LogP contribution < -0.4 is 0 Å². The van der Waals surface area contributed by atoms with E-state index in [1.165, 1.54) is 11.1 Å². The van der Waals surface area contributed by atoms with Gasteiger partial charge in [0.25, 0.3) is 0 Å². The van der Waals surface area contributed by atoms with Gasteiger partial charge in [-0.05, 0) is 129 Å². The third-order valence-electron chi connectivity index (χ3n) is 18.9. The smallest absolute Gasteiger partial charge is 0.103 e. The predicted molar refractivity (Wildman–Crippen MR) is 338 cm³/mol. The molecule has 4 aromatic heterocycles. The molecule has 0 bridgehead atoms. The molecule has 0 saturated carbocycles. The molecule has 8 heteroatoms. The zero-order chi connectivity index (χ0) is 56.7. The molecule has 0 radical (unpaired) electrons. The van der Waals surface area contributed by atoms with Crippen LogP contribution in [0.15, 0.2) is 206 Å². The van der Waals surface area contributed by atoms with E-state index in [9.17, 15) is 21.0 Å². The van der Waals surface area contributed by atoms with Crippen molar-refractivity contribution in [1.29, 1.82) is 21.0 Å². The summed E-state index contributed by atoms with van der Waals surface area (Å²) in [5.74, 6) is 0. The second-order valence-electron chi connectivity index (χ2n) is 23.6. The highest BCUT2D eigenvalue weighted by molar-refractivity contribution is 6.17. The van der Waals surface area contributed by atoms with Crippen LogP contribution in [-0.2, 0) is 10.8 Å². The van der Waals surface area contributed by atoms with Crippen LogP contribution in [-0.4, -0.2) is 18.3 Å². The topological polar surface area (TPSA) is 115 Å². The number of aromatic nitrogens is 4. The molecule has 84 heavy (non-hydrogen) atoms. The molecule has 15 aromatic rings.